The van der Waals surface area contributed by atoms with Crippen LogP contribution in [0.4, 0.5) is 4.79 Å². The monoisotopic (exact) mass is 406 g/mol. The van der Waals surface area contributed by atoms with E-state index in [-0.39, 0.29) is 18.4 Å². The van der Waals surface area contributed by atoms with E-state index in [1.54, 1.807) is 6.92 Å². The molecule has 1 fully saturated rings. The molecule has 0 spiro atoms. The molecular weight excluding hydrogens is 380 g/mol. The first-order chi connectivity index (χ1) is 14.4. The van der Waals surface area contributed by atoms with Crippen molar-refractivity contribution in [2.45, 2.75) is 38.3 Å². The second kappa shape index (κ2) is 7.91. The number of amides is 4. The van der Waals surface area contributed by atoms with E-state index in [9.17, 15) is 14.4 Å². The predicted molar refractivity (Wildman–Crippen MR) is 112 cm³/mol. The zero-order valence-corrected chi connectivity index (χ0v) is 17.2. The maximum absolute atomic E-state index is 12.7. The molecule has 0 aliphatic carbocycles. The zero-order chi connectivity index (χ0) is 21.3. The first-order valence-corrected chi connectivity index (χ1v) is 10.2. The van der Waals surface area contributed by atoms with Gasteiger partial charge in [-0.1, -0.05) is 61.5 Å². The lowest BCUT2D eigenvalue weighted by Crippen LogP contribution is -2.51. The second-order valence-electron chi connectivity index (χ2n) is 8.12. The molecule has 156 valence electrons. The number of nitrogens with one attached hydrogen (secondary N) is 2. The standard InChI is InChI=1S/C23H26N4O3/c1-3-23(2)21(29)27(22(30)24-23)25-20(28)15-26-13-17-11-7-8-12-18(17)19(14-26)16-9-5-4-6-10-16/h4-12,19H,3,13-15H2,1-2H3,(H,24,30)(H,25,28)/t19-,23+/m1/s1. The summed E-state index contributed by atoms with van der Waals surface area (Å²) >= 11 is 0. The highest BCUT2D eigenvalue weighted by atomic mass is 16.2. The van der Waals surface area contributed by atoms with Crippen molar-refractivity contribution >= 4 is 17.8 Å². The zero-order valence-electron chi connectivity index (χ0n) is 17.2. The summed E-state index contributed by atoms with van der Waals surface area (Å²) in [5.41, 5.74) is 5.15. The molecule has 2 N–H and O–H groups in total. The van der Waals surface area contributed by atoms with E-state index in [2.05, 4.69) is 35.0 Å². The Labute approximate surface area is 176 Å². The molecule has 2 aliphatic rings. The quantitative estimate of drug-likeness (QED) is 0.747. The minimum atomic E-state index is -0.979. The van der Waals surface area contributed by atoms with Gasteiger partial charge in [0.25, 0.3) is 11.8 Å². The van der Waals surface area contributed by atoms with Gasteiger partial charge < -0.3 is 5.32 Å². The predicted octanol–water partition coefficient (Wildman–Crippen LogP) is 2.39. The Balaban J connectivity index is 1.48. The summed E-state index contributed by atoms with van der Waals surface area (Å²) in [7, 11) is 0. The fourth-order valence-electron chi connectivity index (χ4n) is 4.16. The van der Waals surface area contributed by atoms with E-state index in [4.69, 9.17) is 0 Å². The number of rotatable bonds is 5. The Morgan fingerprint density at radius 2 is 1.83 bits per heavy atom. The van der Waals surface area contributed by atoms with Crippen molar-refractivity contribution in [1.29, 1.82) is 0 Å². The van der Waals surface area contributed by atoms with E-state index < -0.39 is 17.5 Å². The van der Waals surface area contributed by atoms with E-state index in [0.717, 1.165) is 5.01 Å². The third-order valence-corrected chi connectivity index (χ3v) is 6.04. The molecule has 4 rings (SSSR count). The van der Waals surface area contributed by atoms with Crippen LogP contribution in [-0.2, 0) is 16.1 Å². The lowest BCUT2D eigenvalue weighted by Gasteiger charge is -2.34. The molecule has 4 amide bonds. The lowest BCUT2D eigenvalue weighted by molar-refractivity contribution is -0.139. The third kappa shape index (κ3) is 3.68. The first-order valence-electron chi connectivity index (χ1n) is 10.2. The van der Waals surface area contributed by atoms with Crippen molar-refractivity contribution in [2.24, 2.45) is 0 Å². The highest BCUT2D eigenvalue weighted by molar-refractivity contribution is 6.07. The molecule has 7 heteroatoms. The van der Waals surface area contributed by atoms with Gasteiger partial charge in [-0.2, -0.15) is 5.01 Å². The molecule has 0 radical (unpaired) electrons. The van der Waals surface area contributed by atoms with E-state index >= 15 is 0 Å². The van der Waals surface area contributed by atoms with E-state index in [1.807, 2.05) is 42.2 Å². The summed E-state index contributed by atoms with van der Waals surface area (Å²) < 4.78 is 0. The molecule has 2 aromatic rings. The summed E-state index contributed by atoms with van der Waals surface area (Å²) in [6.07, 6.45) is 0.450. The van der Waals surface area contributed by atoms with Gasteiger partial charge in [0.2, 0.25) is 0 Å². The van der Waals surface area contributed by atoms with Crippen molar-refractivity contribution in [3.63, 3.8) is 0 Å². The number of urea groups is 1. The molecule has 1 saturated heterocycles. The van der Waals surface area contributed by atoms with Gasteiger partial charge in [-0.3, -0.25) is 19.9 Å². The molecule has 0 aromatic heterocycles. The number of hydrogen-bond acceptors (Lipinski definition) is 4. The Morgan fingerprint density at radius 1 is 1.13 bits per heavy atom. The number of hydrazine groups is 1. The Hall–Kier alpha value is -3.19. The molecule has 30 heavy (non-hydrogen) atoms. The largest absolute Gasteiger partial charge is 0.344 e. The van der Waals surface area contributed by atoms with Crippen molar-refractivity contribution in [3.05, 3.63) is 71.3 Å². The summed E-state index contributed by atoms with van der Waals surface area (Å²) in [4.78, 5) is 39.4. The van der Waals surface area contributed by atoms with Gasteiger partial charge in [0.1, 0.15) is 5.54 Å². The average Bonchev–Trinajstić information content (AvgIpc) is 2.97. The summed E-state index contributed by atoms with van der Waals surface area (Å²) in [5, 5.41) is 3.44. The molecule has 7 nitrogen and oxygen atoms in total. The summed E-state index contributed by atoms with van der Waals surface area (Å²) in [6, 6.07) is 17.9. The van der Waals surface area contributed by atoms with Crippen LogP contribution in [0.3, 0.4) is 0 Å². The SMILES string of the molecule is CC[C@]1(C)NC(=O)N(NC(=O)CN2Cc3ccccc3[C@@H](c3ccccc3)C2)C1=O. The van der Waals surface area contributed by atoms with Gasteiger partial charge >= 0.3 is 6.03 Å². The Kier molecular flexibility index (Phi) is 5.30. The normalized spacial score (nSPS) is 23.8. The molecule has 2 heterocycles. The number of nitrogens with zero attached hydrogens (tertiary/aromatic N) is 2. The second-order valence-corrected chi connectivity index (χ2v) is 8.12. The fourth-order valence-corrected chi connectivity index (χ4v) is 4.16. The number of carbonyl (C=O) groups excluding carboxylic acids is 3. The maximum Gasteiger partial charge on any atom is 0.344 e. The van der Waals surface area contributed by atoms with Gasteiger partial charge in [-0.25, -0.2) is 4.79 Å². The van der Waals surface area contributed by atoms with Crippen molar-refractivity contribution < 1.29 is 14.4 Å². The van der Waals surface area contributed by atoms with Crippen LogP contribution in [0.5, 0.6) is 0 Å². The maximum atomic E-state index is 12.7. The van der Waals surface area contributed by atoms with Crippen molar-refractivity contribution in [2.75, 3.05) is 13.1 Å². The number of hydrogen-bond donors (Lipinski definition) is 2. The molecular formula is C23H26N4O3. The molecule has 0 bridgehead atoms. The van der Waals surface area contributed by atoms with Crippen LogP contribution < -0.4 is 10.7 Å². The summed E-state index contributed by atoms with van der Waals surface area (Å²) in [5.74, 6) is -0.663. The van der Waals surface area contributed by atoms with Crippen LogP contribution in [-0.4, -0.2) is 46.4 Å². The van der Waals surface area contributed by atoms with Crippen LogP contribution >= 0.6 is 0 Å². The first kappa shape index (κ1) is 20.1. The number of carbonyl (C=O) groups is 3. The van der Waals surface area contributed by atoms with E-state index in [0.29, 0.717) is 19.5 Å². The third-order valence-electron chi connectivity index (χ3n) is 6.04. The molecule has 2 atom stereocenters. The van der Waals surface area contributed by atoms with Crippen LogP contribution in [0.25, 0.3) is 0 Å². The fraction of sp³-hybridized carbons (Fsp3) is 0.348. The van der Waals surface area contributed by atoms with Crippen LogP contribution in [0.2, 0.25) is 0 Å². The van der Waals surface area contributed by atoms with Crippen LogP contribution in [0.15, 0.2) is 54.6 Å². The van der Waals surface area contributed by atoms with Gasteiger partial charge in [0.15, 0.2) is 0 Å². The number of fused-ring (bicyclic) bond motifs is 1. The molecule has 2 aliphatic heterocycles. The number of benzene rings is 2. The Morgan fingerprint density at radius 3 is 2.53 bits per heavy atom. The Bertz CT molecular complexity index is 977. The number of imide groups is 1. The van der Waals surface area contributed by atoms with Crippen molar-refractivity contribution in [1.82, 2.24) is 20.7 Å². The minimum absolute atomic E-state index is 0.0948. The van der Waals surface area contributed by atoms with Gasteiger partial charge in [-0.05, 0) is 30.0 Å². The minimum Gasteiger partial charge on any atom is -0.322 e. The summed E-state index contributed by atoms with van der Waals surface area (Å²) in [6.45, 7) is 4.89. The average molecular weight is 406 g/mol. The molecule has 2 aromatic carbocycles. The van der Waals surface area contributed by atoms with E-state index in [1.165, 1.54) is 16.7 Å². The van der Waals surface area contributed by atoms with Crippen LogP contribution in [0.1, 0.15) is 42.9 Å². The van der Waals surface area contributed by atoms with Gasteiger partial charge in [-0.15, -0.1) is 0 Å². The topological polar surface area (TPSA) is 81.8 Å². The highest BCUT2D eigenvalue weighted by Gasteiger charge is 2.47. The van der Waals surface area contributed by atoms with Crippen molar-refractivity contribution in [3.8, 4) is 0 Å². The lowest BCUT2D eigenvalue weighted by atomic mass is 9.85. The van der Waals surface area contributed by atoms with Gasteiger partial charge in [0.05, 0.1) is 6.54 Å². The van der Waals surface area contributed by atoms with Crippen LogP contribution in [0, 0.1) is 0 Å². The molecule has 0 unspecified atom stereocenters. The van der Waals surface area contributed by atoms with Gasteiger partial charge in [0, 0.05) is 19.0 Å². The molecule has 0 saturated carbocycles. The highest BCUT2D eigenvalue weighted by Crippen LogP contribution is 2.33. The smallest absolute Gasteiger partial charge is 0.322 e.